The van der Waals surface area contributed by atoms with E-state index >= 15 is 0 Å². The van der Waals surface area contributed by atoms with Gasteiger partial charge in [-0.05, 0) is 43.0 Å². The van der Waals surface area contributed by atoms with Crippen LogP contribution in [0.1, 0.15) is 49.4 Å². The Labute approximate surface area is 124 Å². The van der Waals surface area contributed by atoms with Crippen LogP contribution in [0, 0.1) is 11.8 Å². The highest BCUT2D eigenvalue weighted by Gasteiger charge is 2.31. The SMILES string of the molecule is O=C(N[C@@H](c1cccs1)C1CCCC1)C1CCOCC1. The van der Waals surface area contributed by atoms with E-state index in [1.807, 2.05) is 0 Å². The van der Waals surface area contributed by atoms with Crippen LogP contribution in [0.3, 0.4) is 0 Å². The molecule has 1 aromatic heterocycles. The molecule has 0 bridgehead atoms. The van der Waals surface area contributed by atoms with Gasteiger partial charge in [-0.1, -0.05) is 18.9 Å². The maximum absolute atomic E-state index is 12.5. The lowest BCUT2D eigenvalue weighted by molar-refractivity contribution is -0.129. The summed E-state index contributed by atoms with van der Waals surface area (Å²) < 4.78 is 5.35. The van der Waals surface area contributed by atoms with Gasteiger partial charge < -0.3 is 10.1 Å². The Kier molecular flexibility index (Phi) is 4.73. The molecule has 0 radical (unpaired) electrons. The minimum atomic E-state index is 0.146. The van der Waals surface area contributed by atoms with Crippen molar-refractivity contribution in [3.8, 4) is 0 Å². The molecular formula is C16H23NO2S. The quantitative estimate of drug-likeness (QED) is 0.922. The molecule has 1 saturated carbocycles. The highest BCUT2D eigenvalue weighted by atomic mass is 32.1. The van der Waals surface area contributed by atoms with E-state index in [1.165, 1.54) is 30.6 Å². The molecule has 4 heteroatoms. The van der Waals surface area contributed by atoms with Crippen molar-refractivity contribution >= 4 is 17.2 Å². The Balaban J connectivity index is 1.67. The number of carbonyl (C=O) groups excluding carboxylic acids is 1. The normalized spacial score (nSPS) is 22.8. The van der Waals surface area contributed by atoms with E-state index in [2.05, 4.69) is 22.8 Å². The Bertz CT molecular complexity index is 420. The fraction of sp³-hybridized carbons (Fsp3) is 0.688. The fourth-order valence-corrected chi connectivity index (χ4v) is 4.28. The monoisotopic (exact) mass is 293 g/mol. The number of nitrogens with one attached hydrogen (secondary N) is 1. The van der Waals surface area contributed by atoms with Gasteiger partial charge in [0.2, 0.25) is 5.91 Å². The van der Waals surface area contributed by atoms with Gasteiger partial charge in [-0.3, -0.25) is 4.79 Å². The highest BCUT2D eigenvalue weighted by molar-refractivity contribution is 7.10. The molecule has 3 nitrogen and oxygen atoms in total. The number of rotatable bonds is 4. The van der Waals surface area contributed by atoms with Crippen LogP contribution in [0.15, 0.2) is 17.5 Å². The first-order chi connectivity index (χ1) is 9.84. The molecule has 1 atom stereocenters. The Morgan fingerprint density at radius 1 is 1.25 bits per heavy atom. The molecule has 1 aliphatic carbocycles. The molecule has 2 heterocycles. The van der Waals surface area contributed by atoms with Crippen molar-refractivity contribution in [2.45, 2.75) is 44.6 Å². The summed E-state index contributed by atoms with van der Waals surface area (Å²) in [7, 11) is 0. The summed E-state index contributed by atoms with van der Waals surface area (Å²) in [5.74, 6) is 1.00. The smallest absolute Gasteiger partial charge is 0.223 e. The van der Waals surface area contributed by atoms with Crippen LogP contribution in [0.5, 0.6) is 0 Å². The van der Waals surface area contributed by atoms with E-state index in [0.717, 1.165) is 26.1 Å². The van der Waals surface area contributed by atoms with Crippen molar-refractivity contribution in [2.24, 2.45) is 11.8 Å². The third-order valence-corrected chi connectivity index (χ3v) is 5.57. The third-order valence-electron chi connectivity index (χ3n) is 4.61. The van der Waals surface area contributed by atoms with Gasteiger partial charge in [-0.2, -0.15) is 0 Å². The number of ether oxygens (including phenoxy) is 1. The van der Waals surface area contributed by atoms with E-state index in [0.29, 0.717) is 5.92 Å². The van der Waals surface area contributed by atoms with Gasteiger partial charge in [-0.25, -0.2) is 0 Å². The average Bonchev–Trinajstić information content (AvgIpc) is 3.19. The van der Waals surface area contributed by atoms with Gasteiger partial charge in [0.25, 0.3) is 0 Å². The number of carbonyl (C=O) groups is 1. The molecule has 1 N–H and O–H groups in total. The molecule has 1 aromatic rings. The second-order valence-electron chi connectivity index (χ2n) is 5.93. The van der Waals surface area contributed by atoms with Crippen molar-refractivity contribution in [1.82, 2.24) is 5.32 Å². The largest absolute Gasteiger partial charge is 0.381 e. The second-order valence-corrected chi connectivity index (χ2v) is 6.91. The molecular weight excluding hydrogens is 270 g/mol. The Morgan fingerprint density at radius 2 is 2.00 bits per heavy atom. The van der Waals surface area contributed by atoms with Crippen molar-refractivity contribution in [1.29, 1.82) is 0 Å². The predicted octanol–water partition coefficient (Wildman–Crippen LogP) is 3.52. The van der Waals surface area contributed by atoms with Gasteiger partial charge in [0, 0.05) is 24.0 Å². The van der Waals surface area contributed by atoms with Crippen molar-refractivity contribution in [3.05, 3.63) is 22.4 Å². The molecule has 1 amide bonds. The lowest BCUT2D eigenvalue weighted by atomic mass is 9.94. The zero-order valence-electron chi connectivity index (χ0n) is 11.8. The topological polar surface area (TPSA) is 38.3 Å². The minimum absolute atomic E-state index is 0.146. The standard InChI is InChI=1S/C16H23NO2S/c18-16(13-7-9-19-10-8-13)17-15(12-4-1-2-5-12)14-6-3-11-20-14/h3,6,11-13,15H,1-2,4-5,7-10H2,(H,17,18)/t15-/m1/s1. The lowest BCUT2D eigenvalue weighted by Gasteiger charge is -2.28. The van der Waals surface area contributed by atoms with Crippen LogP contribution < -0.4 is 5.32 Å². The van der Waals surface area contributed by atoms with E-state index in [-0.39, 0.29) is 17.9 Å². The van der Waals surface area contributed by atoms with E-state index in [9.17, 15) is 4.79 Å². The van der Waals surface area contributed by atoms with Crippen LogP contribution >= 0.6 is 11.3 Å². The van der Waals surface area contributed by atoms with Gasteiger partial charge in [-0.15, -0.1) is 11.3 Å². The summed E-state index contributed by atoms with van der Waals surface area (Å²) in [6.45, 7) is 1.45. The number of hydrogen-bond donors (Lipinski definition) is 1. The van der Waals surface area contributed by atoms with Crippen LogP contribution in [0.2, 0.25) is 0 Å². The minimum Gasteiger partial charge on any atom is -0.381 e. The summed E-state index contributed by atoms with van der Waals surface area (Å²) in [5.41, 5.74) is 0. The van der Waals surface area contributed by atoms with Crippen LogP contribution in [-0.4, -0.2) is 19.1 Å². The van der Waals surface area contributed by atoms with Gasteiger partial charge in [0.15, 0.2) is 0 Å². The fourth-order valence-electron chi connectivity index (χ4n) is 3.41. The molecule has 2 aliphatic rings. The zero-order chi connectivity index (χ0) is 13.8. The molecule has 2 fully saturated rings. The Morgan fingerprint density at radius 3 is 2.65 bits per heavy atom. The number of hydrogen-bond acceptors (Lipinski definition) is 3. The van der Waals surface area contributed by atoms with E-state index in [4.69, 9.17) is 4.74 Å². The van der Waals surface area contributed by atoms with Crippen molar-refractivity contribution in [3.63, 3.8) is 0 Å². The third kappa shape index (κ3) is 3.23. The van der Waals surface area contributed by atoms with Crippen LogP contribution in [0.25, 0.3) is 0 Å². The first-order valence-electron chi connectivity index (χ1n) is 7.76. The van der Waals surface area contributed by atoms with Gasteiger partial charge >= 0.3 is 0 Å². The lowest BCUT2D eigenvalue weighted by Crippen LogP contribution is -2.38. The van der Waals surface area contributed by atoms with Crippen molar-refractivity contribution < 1.29 is 9.53 Å². The second kappa shape index (κ2) is 6.72. The first kappa shape index (κ1) is 14.1. The van der Waals surface area contributed by atoms with Gasteiger partial charge in [0.1, 0.15) is 0 Å². The molecule has 1 saturated heterocycles. The van der Waals surface area contributed by atoms with Gasteiger partial charge in [0.05, 0.1) is 6.04 Å². The maximum atomic E-state index is 12.5. The van der Waals surface area contributed by atoms with Crippen LogP contribution in [0.4, 0.5) is 0 Å². The zero-order valence-corrected chi connectivity index (χ0v) is 12.7. The summed E-state index contributed by atoms with van der Waals surface area (Å²) >= 11 is 1.77. The summed E-state index contributed by atoms with van der Waals surface area (Å²) in [5, 5.41) is 5.46. The first-order valence-corrected chi connectivity index (χ1v) is 8.64. The van der Waals surface area contributed by atoms with E-state index < -0.39 is 0 Å². The summed E-state index contributed by atoms with van der Waals surface area (Å²) in [6.07, 6.45) is 6.84. The molecule has 3 rings (SSSR count). The average molecular weight is 293 g/mol. The molecule has 110 valence electrons. The number of thiophene rings is 1. The Hall–Kier alpha value is -0.870. The molecule has 20 heavy (non-hydrogen) atoms. The molecule has 0 unspecified atom stereocenters. The highest BCUT2D eigenvalue weighted by Crippen LogP contribution is 2.37. The number of amides is 1. The van der Waals surface area contributed by atoms with Crippen molar-refractivity contribution in [2.75, 3.05) is 13.2 Å². The molecule has 0 aromatic carbocycles. The molecule has 1 aliphatic heterocycles. The maximum Gasteiger partial charge on any atom is 0.223 e. The predicted molar refractivity (Wildman–Crippen MR) is 80.7 cm³/mol. The summed E-state index contributed by atoms with van der Waals surface area (Å²) in [4.78, 5) is 13.8. The van der Waals surface area contributed by atoms with Crippen LogP contribution in [-0.2, 0) is 9.53 Å². The summed E-state index contributed by atoms with van der Waals surface area (Å²) in [6, 6.07) is 4.48. The molecule has 0 spiro atoms. The van der Waals surface area contributed by atoms with E-state index in [1.54, 1.807) is 11.3 Å².